The van der Waals surface area contributed by atoms with Crippen molar-refractivity contribution in [1.82, 2.24) is 3.11 Å². The van der Waals surface area contributed by atoms with E-state index < -0.39 is 0 Å². The molecule has 1 aliphatic carbocycles. The molecule has 2 heteroatoms. The van der Waals surface area contributed by atoms with E-state index in [1.165, 1.54) is 38.6 Å². The maximum Gasteiger partial charge on any atom is 0.0305 e. The third kappa shape index (κ3) is 1.32. The van der Waals surface area contributed by atoms with Gasteiger partial charge in [-0.05, 0) is 38.0 Å². The van der Waals surface area contributed by atoms with E-state index in [-0.39, 0.29) is 0 Å². The number of rotatable bonds is 0. The molecule has 2 rings (SSSR count). The van der Waals surface area contributed by atoms with Crippen molar-refractivity contribution < 1.29 is 0 Å². The fraction of sp³-hybridized carbons (Fsp3) is 1.00. The molecule has 0 amide bonds. The van der Waals surface area contributed by atoms with Crippen molar-refractivity contribution in [3.05, 3.63) is 0 Å². The molecular formula is C9H16IN. The predicted octanol–water partition coefficient (Wildman–Crippen LogP) is 2.99. The van der Waals surface area contributed by atoms with Crippen molar-refractivity contribution in [2.75, 3.05) is 6.54 Å². The van der Waals surface area contributed by atoms with Gasteiger partial charge < -0.3 is 0 Å². The van der Waals surface area contributed by atoms with E-state index in [9.17, 15) is 0 Å². The largest absolute Gasteiger partial charge is 0.241 e. The molecule has 1 saturated carbocycles. The summed E-state index contributed by atoms with van der Waals surface area (Å²) >= 11 is 2.54. The molecule has 1 atom stereocenters. The highest BCUT2D eigenvalue weighted by molar-refractivity contribution is 14.1. The lowest BCUT2D eigenvalue weighted by Crippen LogP contribution is -2.53. The summed E-state index contributed by atoms with van der Waals surface area (Å²) in [5, 5.41) is 0. The number of piperidine rings is 1. The zero-order chi connectivity index (χ0) is 7.90. The standard InChI is InChI=1S/C9H16IN/c1-8-3-6-9(4-2-5-9)11(10)7-8/h8H,2-7H2,1H3/t8-/m1/s1. The number of nitrogens with zero attached hydrogens (tertiary/aromatic N) is 1. The van der Waals surface area contributed by atoms with Crippen molar-refractivity contribution in [2.45, 2.75) is 44.6 Å². The average molecular weight is 265 g/mol. The van der Waals surface area contributed by atoms with Crippen LogP contribution < -0.4 is 0 Å². The Balaban J connectivity index is 2.01. The molecule has 2 aliphatic rings. The van der Waals surface area contributed by atoms with Gasteiger partial charge in [-0.2, -0.15) is 0 Å². The van der Waals surface area contributed by atoms with E-state index in [4.69, 9.17) is 0 Å². The van der Waals surface area contributed by atoms with Crippen LogP contribution in [0.15, 0.2) is 0 Å². The average Bonchev–Trinajstić information content (AvgIpc) is 1.84. The van der Waals surface area contributed by atoms with Crippen LogP contribution in [0.2, 0.25) is 0 Å². The summed E-state index contributed by atoms with van der Waals surface area (Å²) in [6.07, 6.45) is 7.30. The highest BCUT2D eigenvalue weighted by Crippen LogP contribution is 2.47. The Morgan fingerprint density at radius 2 is 2.09 bits per heavy atom. The Morgan fingerprint density at radius 3 is 2.55 bits per heavy atom. The van der Waals surface area contributed by atoms with Crippen LogP contribution in [-0.2, 0) is 0 Å². The molecule has 0 unspecified atom stereocenters. The van der Waals surface area contributed by atoms with Gasteiger partial charge in [0.1, 0.15) is 0 Å². The van der Waals surface area contributed by atoms with E-state index in [2.05, 4.69) is 32.9 Å². The van der Waals surface area contributed by atoms with E-state index in [1.807, 2.05) is 0 Å². The summed E-state index contributed by atoms with van der Waals surface area (Å²) in [6.45, 7) is 3.69. The molecule has 64 valence electrons. The number of hydrogen-bond donors (Lipinski definition) is 0. The van der Waals surface area contributed by atoms with Gasteiger partial charge in [0.25, 0.3) is 0 Å². The Morgan fingerprint density at radius 1 is 1.36 bits per heavy atom. The van der Waals surface area contributed by atoms with Crippen LogP contribution in [0, 0.1) is 5.92 Å². The van der Waals surface area contributed by atoms with Crippen LogP contribution in [0.1, 0.15) is 39.0 Å². The monoisotopic (exact) mass is 265 g/mol. The minimum Gasteiger partial charge on any atom is -0.241 e. The van der Waals surface area contributed by atoms with Gasteiger partial charge in [-0.25, -0.2) is 3.11 Å². The third-order valence-corrected chi connectivity index (χ3v) is 4.79. The lowest BCUT2D eigenvalue weighted by Gasteiger charge is -2.51. The summed E-state index contributed by atoms with van der Waals surface area (Å²) in [5.41, 5.74) is 0.660. The van der Waals surface area contributed by atoms with E-state index in [1.54, 1.807) is 0 Å². The van der Waals surface area contributed by atoms with Gasteiger partial charge in [-0.15, -0.1) is 0 Å². The molecule has 0 bridgehead atoms. The van der Waals surface area contributed by atoms with Crippen molar-refractivity contribution in [3.8, 4) is 0 Å². The molecule has 1 aliphatic heterocycles. The van der Waals surface area contributed by atoms with Crippen LogP contribution in [0.5, 0.6) is 0 Å². The fourth-order valence-electron chi connectivity index (χ4n) is 2.27. The first-order chi connectivity index (χ1) is 5.23. The second kappa shape index (κ2) is 2.87. The Labute approximate surface area is 83.0 Å². The van der Waals surface area contributed by atoms with Crippen molar-refractivity contribution >= 4 is 22.9 Å². The first-order valence-corrected chi connectivity index (χ1v) is 5.63. The van der Waals surface area contributed by atoms with Gasteiger partial charge in [0, 0.05) is 34.9 Å². The zero-order valence-corrected chi connectivity index (χ0v) is 9.30. The third-order valence-electron chi connectivity index (χ3n) is 3.37. The van der Waals surface area contributed by atoms with Gasteiger partial charge in [0.2, 0.25) is 0 Å². The summed E-state index contributed by atoms with van der Waals surface area (Å²) in [5.74, 6) is 0.929. The molecule has 0 aromatic rings. The lowest BCUT2D eigenvalue weighted by atomic mass is 9.70. The highest BCUT2D eigenvalue weighted by atomic mass is 127. The maximum atomic E-state index is 2.59. The van der Waals surface area contributed by atoms with Gasteiger partial charge >= 0.3 is 0 Å². The molecule has 0 radical (unpaired) electrons. The Bertz CT molecular complexity index is 154. The van der Waals surface area contributed by atoms with Crippen molar-refractivity contribution in [1.29, 1.82) is 0 Å². The van der Waals surface area contributed by atoms with Crippen LogP contribution in [0.4, 0.5) is 0 Å². The molecule has 2 fully saturated rings. The van der Waals surface area contributed by atoms with Gasteiger partial charge in [-0.3, -0.25) is 0 Å². The first kappa shape index (κ1) is 8.30. The summed E-state index contributed by atoms with van der Waals surface area (Å²) in [4.78, 5) is 0. The molecule has 0 aromatic carbocycles. The molecule has 0 aromatic heterocycles. The SMILES string of the molecule is C[C@@H]1CCC2(CCC2)N(I)C1. The molecule has 1 heterocycles. The summed E-state index contributed by atoms with van der Waals surface area (Å²) in [6, 6.07) is 0. The smallest absolute Gasteiger partial charge is 0.0305 e. The van der Waals surface area contributed by atoms with Gasteiger partial charge in [0.15, 0.2) is 0 Å². The van der Waals surface area contributed by atoms with E-state index in [0.29, 0.717) is 5.54 Å². The summed E-state index contributed by atoms with van der Waals surface area (Å²) in [7, 11) is 0. The topological polar surface area (TPSA) is 3.24 Å². The van der Waals surface area contributed by atoms with E-state index >= 15 is 0 Å². The normalized spacial score (nSPS) is 37.1. The lowest BCUT2D eigenvalue weighted by molar-refractivity contribution is 0.0534. The summed E-state index contributed by atoms with van der Waals surface area (Å²) < 4.78 is 2.59. The molecule has 1 nitrogen and oxygen atoms in total. The van der Waals surface area contributed by atoms with E-state index in [0.717, 1.165) is 5.92 Å². The second-order valence-corrected chi connectivity index (χ2v) is 5.43. The minimum atomic E-state index is 0.660. The zero-order valence-electron chi connectivity index (χ0n) is 7.15. The number of hydrogen-bond acceptors (Lipinski definition) is 1. The maximum absolute atomic E-state index is 2.59. The van der Waals surface area contributed by atoms with Gasteiger partial charge in [-0.1, -0.05) is 6.92 Å². The van der Waals surface area contributed by atoms with Crippen LogP contribution >= 0.6 is 22.9 Å². The number of halogens is 1. The van der Waals surface area contributed by atoms with Crippen LogP contribution in [0.3, 0.4) is 0 Å². The van der Waals surface area contributed by atoms with Gasteiger partial charge in [0.05, 0.1) is 0 Å². The van der Waals surface area contributed by atoms with Crippen molar-refractivity contribution in [2.24, 2.45) is 5.92 Å². The first-order valence-electron chi connectivity index (χ1n) is 4.66. The highest BCUT2D eigenvalue weighted by Gasteiger charge is 2.44. The van der Waals surface area contributed by atoms with Crippen molar-refractivity contribution in [3.63, 3.8) is 0 Å². The Kier molecular flexibility index (Phi) is 2.17. The van der Waals surface area contributed by atoms with Crippen LogP contribution in [-0.4, -0.2) is 15.2 Å². The van der Waals surface area contributed by atoms with Crippen LogP contribution in [0.25, 0.3) is 0 Å². The molecule has 11 heavy (non-hydrogen) atoms. The quantitative estimate of drug-likeness (QED) is 0.480. The molecular weight excluding hydrogens is 249 g/mol. The minimum absolute atomic E-state index is 0.660. The fourth-order valence-corrected chi connectivity index (χ4v) is 3.67. The molecule has 1 spiro atoms. The molecule has 1 saturated heterocycles. The Hall–Kier alpha value is 0.690. The molecule has 0 N–H and O–H groups in total. The predicted molar refractivity (Wildman–Crippen MR) is 55.7 cm³/mol. The second-order valence-electron chi connectivity index (χ2n) is 4.27.